The zero-order valence-corrected chi connectivity index (χ0v) is 24.6. The number of fused-ring (bicyclic) bond motifs is 1. The molecular weight excluding hydrogens is 556 g/mol. The molecule has 208 valence electrons. The molecule has 1 atom stereocenters. The van der Waals surface area contributed by atoms with E-state index in [-0.39, 0.29) is 10.9 Å². The lowest BCUT2D eigenvalue weighted by atomic mass is 9.87. The molecule has 0 bridgehead atoms. The average molecular weight is 585 g/mol. The van der Waals surface area contributed by atoms with Crippen molar-refractivity contribution >= 4 is 57.1 Å². The fourth-order valence-electron chi connectivity index (χ4n) is 5.42. The molecule has 6 nitrogen and oxygen atoms in total. The van der Waals surface area contributed by atoms with Gasteiger partial charge in [-0.1, -0.05) is 54.9 Å². The van der Waals surface area contributed by atoms with Crippen LogP contribution in [-0.2, 0) is 24.2 Å². The summed E-state index contributed by atoms with van der Waals surface area (Å²) in [6.45, 7) is 6.22. The minimum Gasteiger partial charge on any atom is -0.481 e. The average Bonchev–Trinajstić information content (AvgIpc) is 3.22. The molecular formula is C33H29ClN2O4S. The van der Waals surface area contributed by atoms with E-state index in [1.54, 1.807) is 31.7 Å². The quantitative estimate of drug-likeness (QED) is 0.155. The highest BCUT2D eigenvalue weighted by Gasteiger charge is 2.35. The fraction of sp³-hybridized carbons (Fsp3) is 0.242. The second-order valence-electron chi connectivity index (χ2n) is 11.2. The van der Waals surface area contributed by atoms with Crippen LogP contribution in [0.15, 0.2) is 77.7 Å². The Morgan fingerprint density at radius 2 is 1.83 bits per heavy atom. The van der Waals surface area contributed by atoms with Crippen LogP contribution in [-0.4, -0.2) is 31.8 Å². The van der Waals surface area contributed by atoms with Gasteiger partial charge in [-0.15, -0.1) is 11.8 Å². The van der Waals surface area contributed by atoms with Crippen LogP contribution < -0.4 is 4.74 Å². The Kier molecular flexibility index (Phi) is 7.04. The summed E-state index contributed by atoms with van der Waals surface area (Å²) in [6.07, 6.45) is 1.07. The number of aliphatic carboxylic acids is 1. The summed E-state index contributed by atoms with van der Waals surface area (Å²) in [5, 5.41) is 12.8. The molecule has 1 aliphatic rings. The molecule has 1 N–H and O–H groups in total. The molecule has 3 aromatic carbocycles. The van der Waals surface area contributed by atoms with Crippen LogP contribution >= 0.6 is 23.4 Å². The van der Waals surface area contributed by atoms with Gasteiger partial charge in [0.2, 0.25) is 0 Å². The van der Waals surface area contributed by atoms with Gasteiger partial charge in [0.1, 0.15) is 11.4 Å². The van der Waals surface area contributed by atoms with Crippen LogP contribution in [0.2, 0.25) is 5.02 Å². The van der Waals surface area contributed by atoms with Crippen molar-refractivity contribution in [1.29, 1.82) is 0 Å². The number of halogens is 1. The number of hydrogen-bond donors (Lipinski definition) is 1. The number of pyridine rings is 1. The number of nitrogens with zero attached hydrogens (tertiary/aromatic N) is 2. The molecule has 0 fully saturated rings. The van der Waals surface area contributed by atoms with Crippen molar-refractivity contribution in [2.75, 3.05) is 0 Å². The monoisotopic (exact) mass is 584 g/mol. The van der Waals surface area contributed by atoms with Crippen molar-refractivity contribution in [3.05, 3.63) is 100 Å². The molecule has 0 radical (unpaired) electrons. The van der Waals surface area contributed by atoms with E-state index in [1.807, 2.05) is 66.7 Å². The highest BCUT2D eigenvalue weighted by molar-refractivity contribution is 8.00. The van der Waals surface area contributed by atoms with Gasteiger partial charge in [-0.25, -0.2) is 9.78 Å². The molecule has 41 heavy (non-hydrogen) atoms. The lowest BCUT2D eigenvalue weighted by Gasteiger charge is -2.24. The third-order valence-corrected chi connectivity index (χ3v) is 9.11. The largest absolute Gasteiger partial charge is 0.481 e. The number of aromatic nitrogens is 2. The summed E-state index contributed by atoms with van der Waals surface area (Å²) in [5.74, 6) is -0.843. The van der Waals surface area contributed by atoms with E-state index in [4.69, 9.17) is 16.3 Å². The van der Waals surface area contributed by atoms with Crippen LogP contribution in [0.5, 0.6) is 5.75 Å². The predicted octanol–water partition coefficient (Wildman–Crippen LogP) is 7.80. The molecule has 0 saturated heterocycles. The molecule has 0 amide bonds. The zero-order chi connectivity index (χ0) is 28.9. The lowest BCUT2D eigenvalue weighted by molar-refractivity contribution is -0.146. The minimum atomic E-state index is -0.971. The summed E-state index contributed by atoms with van der Waals surface area (Å²) < 4.78 is 8.22. The number of esters is 1. The molecule has 3 heterocycles. The summed E-state index contributed by atoms with van der Waals surface area (Å²) in [5.41, 5.74) is 3.99. The smallest absolute Gasteiger partial charge is 0.362 e. The molecule has 0 saturated carbocycles. The number of benzene rings is 3. The number of carbonyl (C=O) groups excluding carboxylic acids is 1. The molecule has 6 rings (SSSR count). The third kappa shape index (κ3) is 5.20. The van der Waals surface area contributed by atoms with Gasteiger partial charge in [0, 0.05) is 50.2 Å². The van der Waals surface area contributed by atoms with Gasteiger partial charge in [0.15, 0.2) is 0 Å². The van der Waals surface area contributed by atoms with Gasteiger partial charge in [-0.2, -0.15) is 0 Å². The number of hydrogen-bond acceptors (Lipinski definition) is 5. The van der Waals surface area contributed by atoms with Crippen molar-refractivity contribution < 1.29 is 19.4 Å². The van der Waals surface area contributed by atoms with Gasteiger partial charge in [-0.05, 0) is 62.2 Å². The normalized spacial score (nSPS) is 14.9. The Morgan fingerprint density at radius 1 is 1.07 bits per heavy atom. The second-order valence-corrected chi connectivity index (χ2v) is 13.1. The van der Waals surface area contributed by atoms with E-state index in [0.717, 1.165) is 49.9 Å². The maximum Gasteiger partial charge on any atom is 0.362 e. The summed E-state index contributed by atoms with van der Waals surface area (Å²) in [7, 11) is 0. The van der Waals surface area contributed by atoms with Crippen LogP contribution in [0.1, 0.15) is 48.1 Å². The number of carboxylic acids is 1. The fourth-order valence-corrected chi connectivity index (χ4v) is 6.86. The van der Waals surface area contributed by atoms with E-state index >= 15 is 0 Å². The first kappa shape index (κ1) is 27.4. The van der Waals surface area contributed by atoms with Gasteiger partial charge in [0.25, 0.3) is 0 Å². The Balaban J connectivity index is 1.47. The Morgan fingerprint density at radius 3 is 2.59 bits per heavy atom. The number of ether oxygens (including phenoxy) is 1. The van der Waals surface area contributed by atoms with Crippen LogP contribution in [0.3, 0.4) is 0 Å². The zero-order valence-electron chi connectivity index (χ0n) is 23.0. The first-order valence-corrected chi connectivity index (χ1v) is 14.8. The topological polar surface area (TPSA) is 81.4 Å². The Hall–Kier alpha value is -3.81. The SMILES string of the molecule is CC1Cc2c(OC(=O)c3ccc4ccccc4n3)ccc3c2c(c(CC(C)(C)C(=O)O)n3Cc2ccc(Cl)cc2)S1. The van der Waals surface area contributed by atoms with Crippen molar-refractivity contribution in [3.63, 3.8) is 0 Å². The van der Waals surface area contributed by atoms with E-state index in [1.165, 1.54) is 0 Å². The number of thioether (sulfide) groups is 1. The number of para-hydroxylation sites is 1. The lowest BCUT2D eigenvalue weighted by Crippen LogP contribution is -2.28. The molecule has 5 aromatic rings. The Labute approximate surface area is 247 Å². The van der Waals surface area contributed by atoms with Gasteiger partial charge in [-0.3, -0.25) is 4.79 Å². The summed E-state index contributed by atoms with van der Waals surface area (Å²) >= 11 is 7.90. The van der Waals surface area contributed by atoms with E-state index in [0.29, 0.717) is 23.7 Å². The highest BCUT2D eigenvalue weighted by atomic mass is 35.5. The molecule has 2 aromatic heterocycles. The number of carboxylic acid groups (broad SMARTS) is 1. The predicted molar refractivity (Wildman–Crippen MR) is 163 cm³/mol. The van der Waals surface area contributed by atoms with Gasteiger partial charge < -0.3 is 14.4 Å². The van der Waals surface area contributed by atoms with Gasteiger partial charge >= 0.3 is 11.9 Å². The van der Waals surface area contributed by atoms with Crippen molar-refractivity contribution in [2.24, 2.45) is 5.41 Å². The van der Waals surface area contributed by atoms with Crippen molar-refractivity contribution in [3.8, 4) is 5.75 Å². The molecule has 0 spiro atoms. The molecule has 1 aliphatic heterocycles. The number of carbonyl (C=O) groups is 2. The molecule has 8 heteroatoms. The van der Waals surface area contributed by atoms with E-state index in [2.05, 4.69) is 16.5 Å². The Bertz CT molecular complexity index is 1830. The summed E-state index contributed by atoms with van der Waals surface area (Å²) in [6, 6.07) is 22.7. The highest BCUT2D eigenvalue weighted by Crippen LogP contribution is 2.48. The first-order valence-electron chi connectivity index (χ1n) is 13.5. The second kappa shape index (κ2) is 10.5. The van der Waals surface area contributed by atoms with E-state index < -0.39 is 17.4 Å². The van der Waals surface area contributed by atoms with Crippen LogP contribution in [0.25, 0.3) is 21.8 Å². The van der Waals surface area contributed by atoms with E-state index in [9.17, 15) is 14.7 Å². The van der Waals surface area contributed by atoms with Crippen LogP contribution in [0, 0.1) is 5.41 Å². The standard InChI is InChI=1S/C33H29ClN2O4S/c1-19-16-23-28(40-31(37)25-13-10-21-6-4-5-7-24(21)35-25)15-14-26-29(23)30(41-19)27(17-33(2,3)32(38)39)36(26)18-20-8-11-22(34)12-9-20/h4-15,19H,16-18H2,1-3H3,(H,38,39). The van der Waals surface area contributed by atoms with Gasteiger partial charge in [0.05, 0.1) is 16.4 Å². The van der Waals surface area contributed by atoms with Crippen molar-refractivity contribution in [1.82, 2.24) is 9.55 Å². The maximum atomic E-state index is 13.3. The minimum absolute atomic E-state index is 0.211. The number of rotatable bonds is 7. The molecule has 0 aliphatic carbocycles. The summed E-state index contributed by atoms with van der Waals surface area (Å²) in [4.78, 5) is 31.0. The van der Waals surface area contributed by atoms with Crippen LogP contribution in [0.4, 0.5) is 0 Å². The van der Waals surface area contributed by atoms with Crippen molar-refractivity contribution in [2.45, 2.75) is 50.3 Å². The maximum absolute atomic E-state index is 13.3. The molecule has 1 unspecified atom stereocenters. The first-order chi connectivity index (χ1) is 19.6. The third-order valence-electron chi connectivity index (χ3n) is 7.62.